The van der Waals surface area contributed by atoms with Crippen LogP contribution in [0.25, 0.3) is 0 Å². The lowest BCUT2D eigenvalue weighted by atomic mass is 10.0. The van der Waals surface area contributed by atoms with Crippen molar-refractivity contribution in [2.75, 3.05) is 0 Å². The first-order chi connectivity index (χ1) is 12.3. The summed E-state index contributed by atoms with van der Waals surface area (Å²) in [6.07, 6.45) is 0.271. The van der Waals surface area contributed by atoms with Gasteiger partial charge in [-0.3, -0.25) is 0 Å². The van der Waals surface area contributed by atoms with E-state index in [4.69, 9.17) is 9.47 Å². The van der Waals surface area contributed by atoms with E-state index in [2.05, 4.69) is 0 Å². The molecule has 3 aromatic rings. The van der Waals surface area contributed by atoms with Gasteiger partial charge >= 0.3 is 5.97 Å². The quantitative estimate of drug-likeness (QED) is 0.509. The lowest BCUT2D eigenvalue weighted by molar-refractivity contribution is -0.0179. The summed E-state index contributed by atoms with van der Waals surface area (Å²) in [5, 5.41) is 0. The summed E-state index contributed by atoms with van der Waals surface area (Å²) in [6, 6.07) is 28.8. The fraction of sp³-hybridized carbons (Fsp3) is 0.136. The molecule has 25 heavy (non-hydrogen) atoms. The monoisotopic (exact) mass is 330 g/mol. The molecule has 1 heterocycles. The number of rotatable bonds is 5. The van der Waals surface area contributed by atoms with E-state index in [-0.39, 0.29) is 12.1 Å². The fourth-order valence-electron chi connectivity index (χ4n) is 3.03. The second-order valence-electron chi connectivity index (χ2n) is 6.14. The Morgan fingerprint density at radius 2 is 1.40 bits per heavy atom. The molecule has 3 heteroatoms. The number of carbonyl (C=O) groups excluding carboxylic acids is 1. The normalized spacial score (nSPS) is 21.5. The number of carbonyl (C=O) groups is 1. The Morgan fingerprint density at radius 3 is 2.04 bits per heavy atom. The number of hydrogen-bond donors (Lipinski definition) is 0. The first-order valence-electron chi connectivity index (χ1n) is 8.32. The molecule has 124 valence electrons. The van der Waals surface area contributed by atoms with E-state index in [1.165, 1.54) is 0 Å². The predicted octanol–water partition coefficient (Wildman–Crippen LogP) is 4.55. The van der Waals surface area contributed by atoms with Gasteiger partial charge < -0.3 is 9.47 Å². The maximum absolute atomic E-state index is 12.6. The van der Waals surface area contributed by atoms with Gasteiger partial charge in [0.2, 0.25) is 5.79 Å². The Bertz CT molecular complexity index is 846. The number of benzene rings is 3. The average Bonchev–Trinajstić information content (AvgIpc) is 3.37. The van der Waals surface area contributed by atoms with Crippen molar-refractivity contribution >= 4 is 5.97 Å². The van der Waals surface area contributed by atoms with E-state index in [9.17, 15) is 4.79 Å². The first kappa shape index (κ1) is 15.6. The Hall–Kier alpha value is -2.91. The minimum Gasteiger partial charge on any atom is -0.426 e. The van der Waals surface area contributed by atoms with Gasteiger partial charge in [-0.1, -0.05) is 78.9 Å². The molecular weight excluding hydrogens is 312 g/mol. The third-order valence-electron chi connectivity index (χ3n) is 4.33. The van der Waals surface area contributed by atoms with Gasteiger partial charge in [-0.05, 0) is 23.3 Å². The van der Waals surface area contributed by atoms with E-state index in [1.54, 1.807) is 12.1 Å². The highest BCUT2D eigenvalue weighted by Crippen LogP contribution is 2.52. The minimum atomic E-state index is -0.949. The van der Waals surface area contributed by atoms with Crippen LogP contribution in [0.1, 0.15) is 27.6 Å². The topological polar surface area (TPSA) is 38.8 Å². The van der Waals surface area contributed by atoms with Gasteiger partial charge in [-0.2, -0.15) is 0 Å². The van der Waals surface area contributed by atoms with Crippen LogP contribution >= 0.6 is 0 Å². The zero-order valence-electron chi connectivity index (χ0n) is 13.7. The van der Waals surface area contributed by atoms with E-state index in [0.717, 1.165) is 11.1 Å². The number of esters is 1. The molecule has 1 aliphatic rings. The Balaban J connectivity index is 1.60. The molecule has 1 fully saturated rings. The second kappa shape index (κ2) is 6.54. The highest BCUT2D eigenvalue weighted by Gasteiger charge is 2.61. The smallest absolute Gasteiger partial charge is 0.340 e. The molecule has 1 aliphatic heterocycles. The van der Waals surface area contributed by atoms with Crippen LogP contribution in [0.5, 0.6) is 0 Å². The molecular formula is C22H18O3. The molecule has 0 aliphatic carbocycles. The zero-order chi connectivity index (χ0) is 17.1. The SMILES string of the molecule is O=C(O[C@@]1(Cc2ccccc2)O[C@H]1c1ccccc1)c1ccccc1. The maximum Gasteiger partial charge on any atom is 0.340 e. The third kappa shape index (κ3) is 3.32. The molecule has 3 aromatic carbocycles. The number of epoxide rings is 1. The fourth-order valence-corrected chi connectivity index (χ4v) is 3.03. The zero-order valence-corrected chi connectivity index (χ0v) is 13.7. The highest BCUT2D eigenvalue weighted by molar-refractivity contribution is 5.89. The molecule has 4 rings (SSSR count). The summed E-state index contributed by atoms with van der Waals surface area (Å²) >= 11 is 0. The van der Waals surface area contributed by atoms with Crippen molar-refractivity contribution in [3.8, 4) is 0 Å². The molecule has 0 N–H and O–H groups in total. The standard InChI is InChI=1S/C22H18O3/c23-21(19-14-8-3-9-15-19)25-22(16-17-10-4-1-5-11-17)20(24-22)18-12-6-2-7-13-18/h1-15,20H,16H2/t20-,22+/m0/s1. The summed E-state index contributed by atoms with van der Waals surface area (Å²) in [4.78, 5) is 12.6. The number of ether oxygens (including phenoxy) is 2. The summed E-state index contributed by atoms with van der Waals surface area (Å²) in [7, 11) is 0. The predicted molar refractivity (Wildman–Crippen MR) is 95.0 cm³/mol. The molecule has 0 unspecified atom stereocenters. The van der Waals surface area contributed by atoms with Crippen LogP contribution < -0.4 is 0 Å². The van der Waals surface area contributed by atoms with Crippen LogP contribution in [-0.4, -0.2) is 11.8 Å². The van der Waals surface area contributed by atoms with E-state index < -0.39 is 5.79 Å². The molecule has 3 nitrogen and oxygen atoms in total. The summed E-state index contributed by atoms with van der Waals surface area (Å²) in [6.45, 7) is 0. The van der Waals surface area contributed by atoms with Gasteiger partial charge in [-0.15, -0.1) is 0 Å². The van der Waals surface area contributed by atoms with Gasteiger partial charge in [0.1, 0.15) is 0 Å². The van der Waals surface area contributed by atoms with Crippen molar-refractivity contribution < 1.29 is 14.3 Å². The van der Waals surface area contributed by atoms with Gasteiger partial charge in [0.25, 0.3) is 0 Å². The molecule has 1 saturated heterocycles. The van der Waals surface area contributed by atoms with Crippen molar-refractivity contribution in [2.45, 2.75) is 18.3 Å². The van der Waals surface area contributed by atoms with E-state index in [1.807, 2.05) is 78.9 Å². The summed E-state index contributed by atoms with van der Waals surface area (Å²) in [5.41, 5.74) is 2.61. The van der Waals surface area contributed by atoms with Gasteiger partial charge in [0.05, 0.1) is 5.56 Å². The Labute approximate surface area is 146 Å². The van der Waals surface area contributed by atoms with Gasteiger partial charge in [-0.25, -0.2) is 4.79 Å². The summed E-state index contributed by atoms with van der Waals surface area (Å²) < 4.78 is 11.8. The minimum absolute atomic E-state index is 0.249. The molecule has 0 amide bonds. The molecule has 0 radical (unpaired) electrons. The van der Waals surface area contributed by atoms with Crippen LogP contribution in [0.2, 0.25) is 0 Å². The molecule has 2 atom stereocenters. The van der Waals surface area contributed by atoms with Crippen LogP contribution in [0.15, 0.2) is 91.0 Å². The van der Waals surface area contributed by atoms with Crippen molar-refractivity contribution in [3.05, 3.63) is 108 Å². The number of hydrogen-bond acceptors (Lipinski definition) is 3. The second-order valence-corrected chi connectivity index (χ2v) is 6.14. The van der Waals surface area contributed by atoms with Crippen LogP contribution in [-0.2, 0) is 15.9 Å². The van der Waals surface area contributed by atoms with Crippen molar-refractivity contribution in [2.24, 2.45) is 0 Å². The molecule has 0 spiro atoms. The van der Waals surface area contributed by atoms with Gasteiger partial charge in [0, 0.05) is 6.42 Å². The maximum atomic E-state index is 12.6. The lowest BCUT2D eigenvalue weighted by Crippen LogP contribution is -2.25. The molecule has 0 saturated carbocycles. The van der Waals surface area contributed by atoms with E-state index >= 15 is 0 Å². The van der Waals surface area contributed by atoms with Gasteiger partial charge in [0.15, 0.2) is 6.10 Å². The van der Waals surface area contributed by atoms with Crippen LogP contribution in [0.3, 0.4) is 0 Å². The van der Waals surface area contributed by atoms with Crippen molar-refractivity contribution in [3.63, 3.8) is 0 Å². The largest absolute Gasteiger partial charge is 0.426 e. The van der Waals surface area contributed by atoms with Crippen molar-refractivity contribution in [1.29, 1.82) is 0 Å². The average molecular weight is 330 g/mol. The first-order valence-corrected chi connectivity index (χ1v) is 8.32. The van der Waals surface area contributed by atoms with Crippen LogP contribution in [0.4, 0.5) is 0 Å². The highest BCUT2D eigenvalue weighted by atomic mass is 16.8. The Kier molecular flexibility index (Phi) is 4.08. The molecule has 0 aromatic heterocycles. The van der Waals surface area contributed by atoms with E-state index in [0.29, 0.717) is 12.0 Å². The lowest BCUT2D eigenvalue weighted by Gasteiger charge is -2.15. The summed E-state index contributed by atoms with van der Waals surface area (Å²) in [5.74, 6) is -1.31. The van der Waals surface area contributed by atoms with Crippen molar-refractivity contribution in [1.82, 2.24) is 0 Å². The Morgan fingerprint density at radius 1 is 0.840 bits per heavy atom. The third-order valence-corrected chi connectivity index (χ3v) is 4.33. The molecule has 0 bridgehead atoms. The van der Waals surface area contributed by atoms with Crippen LogP contribution in [0, 0.1) is 0 Å².